The van der Waals surface area contributed by atoms with E-state index in [1.54, 1.807) is 27.8 Å². The Balaban J connectivity index is 2.32. The van der Waals surface area contributed by atoms with Crippen molar-refractivity contribution in [1.29, 1.82) is 0 Å². The van der Waals surface area contributed by atoms with Crippen LogP contribution < -0.4 is 10.6 Å². The van der Waals surface area contributed by atoms with Crippen LogP contribution in [0.2, 0.25) is 0 Å². The van der Waals surface area contributed by atoms with Crippen molar-refractivity contribution in [3.8, 4) is 0 Å². The summed E-state index contributed by atoms with van der Waals surface area (Å²) in [5, 5.41) is 4.96. The lowest BCUT2D eigenvalue weighted by Gasteiger charge is -2.11. The number of hydrogen-bond acceptors (Lipinski definition) is 5. The molecule has 0 aliphatic rings. The normalized spacial score (nSPS) is 11.6. The van der Waals surface area contributed by atoms with Gasteiger partial charge in [-0.05, 0) is 57.0 Å². The molecule has 0 radical (unpaired) electrons. The number of esters is 1. The molecular formula is C21H24FN3O5. The van der Waals surface area contributed by atoms with Gasteiger partial charge in [-0.1, -0.05) is 0 Å². The molecule has 30 heavy (non-hydrogen) atoms. The highest BCUT2D eigenvalue weighted by Crippen LogP contribution is 2.24. The van der Waals surface area contributed by atoms with Gasteiger partial charge < -0.3 is 19.9 Å². The minimum atomic E-state index is -1.00. The predicted octanol–water partition coefficient (Wildman–Crippen LogP) is 2.20. The van der Waals surface area contributed by atoms with E-state index in [1.165, 1.54) is 36.8 Å². The molecule has 9 heteroatoms. The number of rotatable bonds is 6. The van der Waals surface area contributed by atoms with Crippen LogP contribution in [-0.2, 0) is 21.4 Å². The van der Waals surface area contributed by atoms with E-state index >= 15 is 0 Å². The number of hydrogen-bond donors (Lipinski definition) is 2. The first-order valence-corrected chi connectivity index (χ1v) is 9.16. The number of ketones is 1. The second-order valence-electron chi connectivity index (χ2n) is 6.96. The zero-order valence-electron chi connectivity index (χ0n) is 17.7. The summed E-state index contributed by atoms with van der Waals surface area (Å²) in [4.78, 5) is 49.3. The minimum absolute atomic E-state index is 0.0301. The molecule has 2 aromatic rings. The molecule has 0 saturated carbocycles. The molecule has 1 atom stereocenters. The van der Waals surface area contributed by atoms with Gasteiger partial charge in [-0.2, -0.15) is 0 Å². The van der Waals surface area contributed by atoms with Crippen LogP contribution in [0.3, 0.4) is 0 Å². The number of methoxy groups -OCH3 is 1. The topological polar surface area (TPSA) is 106 Å². The first-order chi connectivity index (χ1) is 14.0. The van der Waals surface area contributed by atoms with Gasteiger partial charge >= 0.3 is 5.97 Å². The summed E-state index contributed by atoms with van der Waals surface area (Å²) in [6.07, 6.45) is 0. The van der Waals surface area contributed by atoms with Crippen molar-refractivity contribution >= 4 is 29.3 Å². The van der Waals surface area contributed by atoms with Gasteiger partial charge in [0.1, 0.15) is 11.9 Å². The number of Topliss-reactive ketones (excluding diaryl/α,β-unsaturated/α-hetero) is 1. The monoisotopic (exact) mass is 417 g/mol. The molecule has 1 aromatic heterocycles. The highest BCUT2D eigenvalue weighted by molar-refractivity contribution is 6.43. The van der Waals surface area contributed by atoms with E-state index in [0.29, 0.717) is 22.5 Å². The van der Waals surface area contributed by atoms with E-state index in [4.69, 9.17) is 0 Å². The molecule has 0 spiro atoms. The Kier molecular flexibility index (Phi) is 6.76. The zero-order valence-corrected chi connectivity index (χ0v) is 17.7. The number of halogens is 1. The molecule has 0 bridgehead atoms. The first-order valence-electron chi connectivity index (χ1n) is 9.16. The molecule has 2 amide bonds. The molecule has 2 N–H and O–H groups in total. The van der Waals surface area contributed by atoms with E-state index in [2.05, 4.69) is 15.4 Å². The van der Waals surface area contributed by atoms with Gasteiger partial charge in [-0.25, -0.2) is 9.18 Å². The van der Waals surface area contributed by atoms with Crippen molar-refractivity contribution < 1.29 is 28.3 Å². The molecular weight excluding hydrogens is 393 g/mol. The van der Waals surface area contributed by atoms with Gasteiger partial charge in [0, 0.05) is 18.4 Å². The van der Waals surface area contributed by atoms with Gasteiger partial charge in [0.05, 0.1) is 18.4 Å². The molecule has 0 aliphatic carbocycles. The average Bonchev–Trinajstić information content (AvgIpc) is 2.91. The summed E-state index contributed by atoms with van der Waals surface area (Å²) >= 11 is 0. The molecule has 0 unspecified atom stereocenters. The molecule has 1 aromatic carbocycles. The largest absolute Gasteiger partial charge is 0.467 e. The van der Waals surface area contributed by atoms with Crippen LogP contribution in [0.4, 0.5) is 10.1 Å². The van der Waals surface area contributed by atoms with Gasteiger partial charge in [0.2, 0.25) is 0 Å². The number of aryl methyl sites for hydroxylation is 1. The lowest BCUT2D eigenvalue weighted by Crippen LogP contribution is -2.43. The molecule has 2 rings (SSSR count). The molecule has 0 fully saturated rings. The fraction of sp³-hybridized carbons (Fsp3) is 0.333. The lowest BCUT2D eigenvalue weighted by molar-refractivity contribution is -0.144. The van der Waals surface area contributed by atoms with Gasteiger partial charge in [-0.3, -0.25) is 14.4 Å². The van der Waals surface area contributed by atoms with Gasteiger partial charge in [-0.15, -0.1) is 0 Å². The van der Waals surface area contributed by atoms with Crippen molar-refractivity contribution in [2.45, 2.75) is 33.7 Å². The maximum absolute atomic E-state index is 13.5. The number of benzene rings is 1. The van der Waals surface area contributed by atoms with E-state index < -0.39 is 29.6 Å². The van der Waals surface area contributed by atoms with Crippen LogP contribution in [-0.4, -0.2) is 41.3 Å². The Morgan fingerprint density at radius 2 is 1.77 bits per heavy atom. The van der Waals surface area contributed by atoms with Crippen molar-refractivity contribution in [2.75, 3.05) is 12.4 Å². The summed E-state index contributed by atoms with van der Waals surface area (Å²) < 4.78 is 19.4. The number of carbonyl (C=O) groups excluding carboxylic acids is 4. The third kappa shape index (κ3) is 4.40. The van der Waals surface area contributed by atoms with Gasteiger partial charge in [0.15, 0.2) is 0 Å². The van der Waals surface area contributed by atoms with E-state index in [9.17, 15) is 23.6 Å². The second kappa shape index (κ2) is 8.89. The van der Waals surface area contributed by atoms with Crippen LogP contribution in [0.1, 0.15) is 44.6 Å². The smallest absolute Gasteiger partial charge is 0.328 e. The van der Waals surface area contributed by atoms with Crippen LogP contribution in [0.5, 0.6) is 0 Å². The fourth-order valence-electron chi connectivity index (χ4n) is 3.16. The molecule has 8 nitrogen and oxygen atoms in total. The molecule has 0 aliphatic heterocycles. The third-order valence-electron chi connectivity index (χ3n) is 4.90. The first kappa shape index (κ1) is 22.8. The highest BCUT2D eigenvalue weighted by Gasteiger charge is 2.30. The number of carbonyl (C=O) groups is 4. The quantitative estimate of drug-likeness (QED) is 0.426. The summed E-state index contributed by atoms with van der Waals surface area (Å²) in [7, 11) is 2.73. The number of ether oxygens (including phenoxy) is 1. The number of nitrogens with zero attached hydrogens (tertiary/aromatic N) is 1. The van der Waals surface area contributed by atoms with Crippen molar-refractivity contribution in [1.82, 2.24) is 9.88 Å². The maximum atomic E-state index is 13.5. The zero-order chi connectivity index (χ0) is 22.7. The Morgan fingerprint density at radius 3 is 2.33 bits per heavy atom. The fourth-order valence-corrected chi connectivity index (χ4v) is 3.16. The summed E-state index contributed by atoms with van der Waals surface area (Å²) in [5.74, 6) is -3.44. The molecule has 0 saturated heterocycles. The molecule has 1 heterocycles. The summed E-state index contributed by atoms with van der Waals surface area (Å²) in [5.41, 5.74) is 1.83. The lowest BCUT2D eigenvalue weighted by atomic mass is 10.1. The Labute approximate surface area is 173 Å². The van der Waals surface area contributed by atoms with Crippen LogP contribution in [0, 0.1) is 26.6 Å². The summed E-state index contributed by atoms with van der Waals surface area (Å²) in [6.45, 7) is 6.17. The van der Waals surface area contributed by atoms with E-state index in [-0.39, 0.29) is 17.1 Å². The molecule has 160 valence electrons. The Bertz CT molecular complexity index is 1040. The predicted molar refractivity (Wildman–Crippen MR) is 108 cm³/mol. The maximum Gasteiger partial charge on any atom is 0.328 e. The number of aromatic nitrogens is 1. The highest BCUT2D eigenvalue weighted by atomic mass is 19.1. The van der Waals surface area contributed by atoms with Crippen LogP contribution in [0.15, 0.2) is 18.2 Å². The van der Waals surface area contributed by atoms with E-state index in [1.807, 2.05) is 0 Å². The van der Waals surface area contributed by atoms with Crippen molar-refractivity contribution in [3.63, 3.8) is 0 Å². The van der Waals surface area contributed by atoms with Gasteiger partial charge in [0.25, 0.3) is 17.6 Å². The standard InChI is InChI=1S/C21H24FN3O5/c1-10-9-14(7-8-15(10)22)24-19(27)16-11(2)17(25(5)13(16)4)18(26)20(28)23-12(3)21(29)30-6/h7-9,12H,1-6H3,(H,23,28)(H,24,27)/t12-/m1/s1. The average molecular weight is 417 g/mol. The number of anilines is 1. The van der Waals surface area contributed by atoms with Crippen LogP contribution >= 0.6 is 0 Å². The Morgan fingerprint density at radius 1 is 1.13 bits per heavy atom. The van der Waals surface area contributed by atoms with Crippen molar-refractivity contribution in [3.05, 3.63) is 52.1 Å². The van der Waals surface area contributed by atoms with Crippen LogP contribution in [0.25, 0.3) is 0 Å². The Hall–Kier alpha value is -3.49. The van der Waals surface area contributed by atoms with E-state index in [0.717, 1.165) is 0 Å². The third-order valence-corrected chi connectivity index (χ3v) is 4.90. The number of nitrogens with one attached hydrogen (secondary N) is 2. The second-order valence-corrected chi connectivity index (χ2v) is 6.96. The van der Waals surface area contributed by atoms with Crippen molar-refractivity contribution in [2.24, 2.45) is 7.05 Å². The number of amides is 2. The SMILES string of the molecule is COC(=O)[C@@H](C)NC(=O)C(=O)c1c(C)c(C(=O)Nc2ccc(F)c(C)c2)c(C)n1C. The minimum Gasteiger partial charge on any atom is -0.467 e. The summed E-state index contributed by atoms with van der Waals surface area (Å²) in [6, 6.07) is 3.17.